The first kappa shape index (κ1) is 16.6. The zero-order valence-corrected chi connectivity index (χ0v) is 13.1. The molecule has 3 rings (SSSR count). The van der Waals surface area contributed by atoms with Crippen molar-refractivity contribution >= 4 is 34.4 Å². The topological polar surface area (TPSA) is 156 Å². The number of nitriles is 1. The minimum Gasteiger partial charge on any atom is -0.354 e. The number of carbonyl (C=O) groups is 2. The molecule has 128 valence electrons. The number of nitrogens with zero attached hydrogens (tertiary/aromatic N) is 3. The molecule has 0 saturated heterocycles. The third kappa shape index (κ3) is 3.46. The van der Waals surface area contributed by atoms with Gasteiger partial charge in [-0.3, -0.25) is 10.2 Å². The van der Waals surface area contributed by atoms with Gasteiger partial charge in [-0.1, -0.05) is 16.3 Å². The van der Waals surface area contributed by atoms with E-state index in [1.54, 1.807) is 36.4 Å². The summed E-state index contributed by atoms with van der Waals surface area (Å²) >= 11 is 0. The lowest BCUT2D eigenvalue weighted by Gasteiger charge is -2.06. The Morgan fingerprint density at radius 1 is 1.23 bits per heavy atom. The number of aromatic nitrogens is 1. The van der Waals surface area contributed by atoms with E-state index in [4.69, 9.17) is 15.3 Å². The van der Waals surface area contributed by atoms with Crippen LogP contribution in [0.3, 0.4) is 0 Å². The maximum atomic E-state index is 12.4. The molecule has 2 aromatic carbocycles. The Balaban J connectivity index is 1.83. The van der Waals surface area contributed by atoms with Crippen molar-refractivity contribution < 1.29 is 14.1 Å². The molecular formula is C16H11N7O3. The van der Waals surface area contributed by atoms with Crippen LogP contribution in [0.15, 0.2) is 52.1 Å². The summed E-state index contributed by atoms with van der Waals surface area (Å²) in [6, 6.07) is 12.2. The molecule has 1 heterocycles. The standard InChI is InChI=1S/C16H11N7O3/c17-8-9-2-1-3-10(6-9)15(24)19-14-12-7-11(21-22-16(25)20-18)4-5-13(12)26-23-14/h1-7,18,21H,(H,22,25)(H,19,23,24). The van der Waals surface area contributed by atoms with Gasteiger partial charge in [0.2, 0.25) is 0 Å². The Morgan fingerprint density at radius 3 is 2.85 bits per heavy atom. The molecule has 0 radical (unpaired) electrons. The van der Waals surface area contributed by atoms with Gasteiger partial charge in [0.25, 0.3) is 5.91 Å². The average molecular weight is 349 g/mol. The van der Waals surface area contributed by atoms with Crippen molar-refractivity contribution in [1.82, 2.24) is 10.6 Å². The fraction of sp³-hybridized carbons (Fsp3) is 0. The first-order valence-corrected chi connectivity index (χ1v) is 7.25. The van der Waals surface area contributed by atoms with Gasteiger partial charge >= 0.3 is 6.03 Å². The van der Waals surface area contributed by atoms with Gasteiger partial charge < -0.3 is 9.84 Å². The number of hydrogen-bond donors (Lipinski definition) is 4. The van der Waals surface area contributed by atoms with Crippen LogP contribution in [0.1, 0.15) is 15.9 Å². The molecule has 1 aromatic heterocycles. The molecule has 4 N–H and O–H groups in total. The smallest absolute Gasteiger partial charge is 0.354 e. The van der Waals surface area contributed by atoms with Crippen LogP contribution in [0.2, 0.25) is 0 Å². The monoisotopic (exact) mass is 349 g/mol. The van der Waals surface area contributed by atoms with E-state index in [1.807, 2.05) is 6.07 Å². The van der Waals surface area contributed by atoms with Gasteiger partial charge in [-0.15, -0.1) is 0 Å². The Labute approximate surface area is 146 Å². The van der Waals surface area contributed by atoms with Crippen molar-refractivity contribution in [2.45, 2.75) is 0 Å². The molecular weight excluding hydrogens is 338 g/mol. The van der Waals surface area contributed by atoms with Crippen molar-refractivity contribution in [1.29, 1.82) is 10.8 Å². The number of anilines is 2. The summed E-state index contributed by atoms with van der Waals surface area (Å²) in [5.41, 5.74) is 12.9. The number of carbonyl (C=O) groups excluding carboxylic acids is 2. The lowest BCUT2D eigenvalue weighted by Crippen LogP contribution is -2.25. The molecule has 0 aliphatic carbocycles. The molecule has 26 heavy (non-hydrogen) atoms. The van der Waals surface area contributed by atoms with E-state index in [0.717, 1.165) is 0 Å². The number of hydrogen-bond acceptors (Lipinski definition) is 7. The third-order valence-corrected chi connectivity index (χ3v) is 3.37. The number of hydrazine groups is 1. The highest BCUT2D eigenvalue weighted by Gasteiger charge is 2.14. The summed E-state index contributed by atoms with van der Waals surface area (Å²) in [4.78, 5) is 23.3. The van der Waals surface area contributed by atoms with E-state index >= 15 is 0 Å². The van der Waals surface area contributed by atoms with E-state index in [9.17, 15) is 9.59 Å². The second-order valence-corrected chi connectivity index (χ2v) is 5.06. The zero-order chi connectivity index (χ0) is 18.5. The van der Waals surface area contributed by atoms with E-state index in [-0.39, 0.29) is 5.82 Å². The summed E-state index contributed by atoms with van der Waals surface area (Å²) < 4.78 is 5.15. The molecule has 10 nitrogen and oxygen atoms in total. The van der Waals surface area contributed by atoms with Crippen LogP contribution in [0.25, 0.3) is 11.0 Å². The van der Waals surface area contributed by atoms with Crippen LogP contribution >= 0.6 is 0 Å². The Morgan fingerprint density at radius 2 is 2.08 bits per heavy atom. The number of benzene rings is 2. The Bertz CT molecular complexity index is 1050. The van der Waals surface area contributed by atoms with Crippen molar-refractivity contribution in [2.75, 3.05) is 10.7 Å². The largest absolute Gasteiger partial charge is 0.377 e. The quantitative estimate of drug-likeness (QED) is 0.419. The summed E-state index contributed by atoms with van der Waals surface area (Å²) in [7, 11) is 0. The van der Waals surface area contributed by atoms with Crippen molar-refractivity contribution in [3.05, 3.63) is 53.6 Å². The minimum atomic E-state index is -0.860. The second-order valence-electron chi connectivity index (χ2n) is 5.06. The fourth-order valence-corrected chi connectivity index (χ4v) is 2.17. The maximum Gasteiger partial charge on any atom is 0.377 e. The van der Waals surface area contributed by atoms with Gasteiger partial charge in [0.05, 0.1) is 22.7 Å². The van der Waals surface area contributed by atoms with Gasteiger partial charge in [0, 0.05) is 5.56 Å². The third-order valence-electron chi connectivity index (χ3n) is 3.37. The highest BCUT2D eigenvalue weighted by atomic mass is 16.5. The molecule has 0 atom stereocenters. The average Bonchev–Trinajstić information content (AvgIpc) is 3.08. The minimum absolute atomic E-state index is 0.188. The number of amides is 3. The van der Waals surface area contributed by atoms with E-state index in [0.29, 0.717) is 27.8 Å². The van der Waals surface area contributed by atoms with Crippen molar-refractivity contribution in [2.24, 2.45) is 5.11 Å². The Kier molecular flexibility index (Phi) is 4.53. The summed E-state index contributed by atoms with van der Waals surface area (Å²) in [6.45, 7) is 0. The number of fused-ring (bicyclic) bond motifs is 1. The van der Waals surface area contributed by atoms with Crippen LogP contribution in [-0.4, -0.2) is 17.1 Å². The highest BCUT2D eigenvalue weighted by Crippen LogP contribution is 2.26. The molecule has 3 amide bonds. The molecule has 0 saturated carbocycles. The van der Waals surface area contributed by atoms with Crippen molar-refractivity contribution in [3.8, 4) is 6.07 Å². The predicted molar refractivity (Wildman–Crippen MR) is 90.4 cm³/mol. The molecule has 0 bridgehead atoms. The van der Waals surface area contributed by atoms with Gasteiger partial charge in [-0.25, -0.2) is 10.2 Å². The van der Waals surface area contributed by atoms with Crippen LogP contribution in [-0.2, 0) is 0 Å². The normalized spacial score (nSPS) is 9.96. The van der Waals surface area contributed by atoms with Crippen LogP contribution in [0.5, 0.6) is 0 Å². The van der Waals surface area contributed by atoms with E-state index < -0.39 is 11.9 Å². The van der Waals surface area contributed by atoms with Crippen LogP contribution < -0.4 is 16.2 Å². The summed E-state index contributed by atoms with van der Waals surface area (Å²) in [5, 5.41) is 18.5. The molecule has 0 fully saturated rings. The van der Waals surface area contributed by atoms with Crippen LogP contribution in [0.4, 0.5) is 16.3 Å². The number of nitrogens with one attached hydrogen (secondary N) is 4. The molecule has 0 aliphatic heterocycles. The number of urea groups is 1. The molecule has 10 heteroatoms. The molecule has 0 unspecified atom stereocenters. The van der Waals surface area contributed by atoms with Crippen molar-refractivity contribution in [3.63, 3.8) is 0 Å². The Hall–Kier alpha value is -4.26. The lowest BCUT2D eigenvalue weighted by atomic mass is 10.1. The maximum absolute atomic E-state index is 12.4. The van der Waals surface area contributed by atoms with Gasteiger partial charge in [0.15, 0.2) is 11.4 Å². The predicted octanol–water partition coefficient (Wildman–Crippen LogP) is 3.02. The first-order chi connectivity index (χ1) is 12.6. The zero-order valence-electron chi connectivity index (χ0n) is 13.1. The van der Waals surface area contributed by atoms with Crippen LogP contribution in [0, 0.1) is 16.9 Å². The summed E-state index contributed by atoms with van der Waals surface area (Å²) in [5.74, 6) is -0.260. The fourth-order valence-electron chi connectivity index (χ4n) is 2.17. The van der Waals surface area contributed by atoms with Gasteiger partial charge in [-0.05, 0) is 36.4 Å². The van der Waals surface area contributed by atoms with Gasteiger partial charge in [-0.2, -0.15) is 10.8 Å². The van der Waals surface area contributed by atoms with E-state index in [2.05, 4.69) is 26.4 Å². The molecule has 0 spiro atoms. The molecule has 3 aromatic rings. The second kappa shape index (κ2) is 7.10. The summed E-state index contributed by atoms with van der Waals surface area (Å²) in [6.07, 6.45) is 0. The first-order valence-electron chi connectivity index (χ1n) is 7.25. The molecule has 0 aliphatic rings. The van der Waals surface area contributed by atoms with Gasteiger partial charge in [0.1, 0.15) is 0 Å². The highest BCUT2D eigenvalue weighted by molar-refractivity contribution is 6.08. The lowest BCUT2D eigenvalue weighted by molar-refractivity contribution is 0.102. The SMILES string of the molecule is N#Cc1cccc(C(=O)Nc2noc3ccc(NNC(=O)N=N)cc23)c1. The number of rotatable bonds is 4. The van der Waals surface area contributed by atoms with E-state index in [1.165, 1.54) is 6.07 Å².